The van der Waals surface area contributed by atoms with Gasteiger partial charge in [-0.05, 0) is 0 Å². The zero-order valence-electron chi connectivity index (χ0n) is 2.86. The van der Waals surface area contributed by atoms with E-state index in [-0.39, 0.29) is 0 Å². The normalized spacial score (nSPS) is 5.40. The van der Waals surface area contributed by atoms with Crippen molar-refractivity contribution in [3.8, 4) is 12.3 Å². The van der Waals surface area contributed by atoms with Gasteiger partial charge in [0, 0.05) is 12.6 Å². The standard InChI is InChI=1S/C4H5N/c1-2-3-4-5/h1,4-5H,3H2. The van der Waals surface area contributed by atoms with Crippen molar-refractivity contribution in [2.75, 3.05) is 0 Å². The Bertz CT molecular complexity index is 58.5. The summed E-state index contributed by atoms with van der Waals surface area (Å²) in [5.74, 6) is 2.27. The smallest absolute Gasteiger partial charge is 0.0434 e. The van der Waals surface area contributed by atoms with Gasteiger partial charge in [0.25, 0.3) is 0 Å². The van der Waals surface area contributed by atoms with Crippen LogP contribution in [0.15, 0.2) is 0 Å². The largest absolute Gasteiger partial charge is 0.312 e. The fourth-order valence-electron chi connectivity index (χ4n) is 0.0589. The van der Waals surface area contributed by atoms with Crippen molar-refractivity contribution in [1.82, 2.24) is 0 Å². The van der Waals surface area contributed by atoms with Gasteiger partial charge >= 0.3 is 0 Å². The first-order chi connectivity index (χ1) is 2.41. The number of nitrogens with one attached hydrogen (secondary N) is 1. The van der Waals surface area contributed by atoms with Gasteiger partial charge in [-0.1, -0.05) is 0 Å². The fourth-order valence-corrected chi connectivity index (χ4v) is 0.0589. The van der Waals surface area contributed by atoms with Gasteiger partial charge in [-0.3, -0.25) is 0 Å². The van der Waals surface area contributed by atoms with Crippen LogP contribution >= 0.6 is 0 Å². The van der Waals surface area contributed by atoms with Gasteiger partial charge in [-0.2, -0.15) is 0 Å². The monoisotopic (exact) mass is 67.0 g/mol. The first-order valence-corrected chi connectivity index (χ1v) is 1.34. The van der Waals surface area contributed by atoms with Crippen LogP contribution in [-0.4, -0.2) is 6.21 Å². The Hall–Kier alpha value is -0.770. The highest BCUT2D eigenvalue weighted by Crippen LogP contribution is 1.56. The molecule has 0 saturated carbocycles. The van der Waals surface area contributed by atoms with Crippen LogP contribution in [0, 0.1) is 17.8 Å². The van der Waals surface area contributed by atoms with Gasteiger partial charge < -0.3 is 5.41 Å². The van der Waals surface area contributed by atoms with Crippen LogP contribution in [-0.2, 0) is 0 Å². The van der Waals surface area contributed by atoms with E-state index in [2.05, 4.69) is 5.92 Å². The molecule has 0 radical (unpaired) electrons. The van der Waals surface area contributed by atoms with Crippen LogP contribution in [0.25, 0.3) is 0 Å². The molecule has 0 atom stereocenters. The summed E-state index contributed by atoms with van der Waals surface area (Å²) in [6.45, 7) is 0. The highest BCUT2D eigenvalue weighted by molar-refractivity contribution is 5.56. The molecule has 0 aromatic heterocycles. The number of hydrogen-bond donors (Lipinski definition) is 1. The maximum Gasteiger partial charge on any atom is 0.0434 e. The third kappa shape index (κ3) is 3.23. The van der Waals surface area contributed by atoms with Crippen molar-refractivity contribution >= 4 is 6.21 Å². The van der Waals surface area contributed by atoms with Crippen LogP contribution in [0.2, 0.25) is 0 Å². The van der Waals surface area contributed by atoms with E-state index in [0.717, 1.165) is 0 Å². The molecule has 0 amide bonds. The molecule has 0 aliphatic carbocycles. The van der Waals surface area contributed by atoms with Crippen molar-refractivity contribution in [2.24, 2.45) is 0 Å². The summed E-state index contributed by atoms with van der Waals surface area (Å²) in [4.78, 5) is 0. The van der Waals surface area contributed by atoms with Gasteiger partial charge in [0.15, 0.2) is 0 Å². The Morgan fingerprint density at radius 3 is 2.60 bits per heavy atom. The van der Waals surface area contributed by atoms with Gasteiger partial charge in [-0.15, -0.1) is 12.3 Å². The summed E-state index contributed by atoms with van der Waals surface area (Å²) in [5.41, 5.74) is 0. The minimum Gasteiger partial charge on any atom is -0.312 e. The molecular weight excluding hydrogens is 62.1 g/mol. The minimum absolute atomic E-state index is 0.458. The molecule has 0 aromatic rings. The molecule has 0 spiro atoms. The van der Waals surface area contributed by atoms with E-state index in [1.54, 1.807) is 0 Å². The Kier molecular flexibility index (Phi) is 2.73. The summed E-state index contributed by atoms with van der Waals surface area (Å²) >= 11 is 0. The molecule has 0 aromatic carbocycles. The van der Waals surface area contributed by atoms with Crippen LogP contribution in [0.1, 0.15) is 6.42 Å². The van der Waals surface area contributed by atoms with Crippen molar-refractivity contribution in [3.05, 3.63) is 0 Å². The lowest BCUT2D eigenvalue weighted by molar-refractivity contribution is 1.48. The maximum atomic E-state index is 6.34. The lowest BCUT2D eigenvalue weighted by Gasteiger charge is -1.58. The van der Waals surface area contributed by atoms with Crippen molar-refractivity contribution in [1.29, 1.82) is 5.41 Å². The van der Waals surface area contributed by atoms with Gasteiger partial charge in [0.1, 0.15) is 0 Å². The Labute approximate surface area is 31.5 Å². The minimum atomic E-state index is 0.458. The summed E-state index contributed by atoms with van der Waals surface area (Å²) < 4.78 is 0. The molecule has 0 saturated heterocycles. The van der Waals surface area contributed by atoms with E-state index >= 15 is 0 Å². The predicted octanol–water partition coefficient (Wildman–Crippen LogP) is 0.659. The third-order valence-electron chi connectivity index (χ3n) is 0.220. The molecule has 0 unspecified atom stereocenters. The van der Waals surface area contributed by atoms with Crippen molar-refractivity contribution < 1.29 is 0 Å². The molecule has 1 heteroatoms. The molecule has 26 valence electrons. The molecule has 1 N–H and O–H groups in total. The zero-order chi connectivity index (χ0) is 4.12. The van der Waals surface area contributed by atoms with Gasteiger partial charge in [-0.25, -0.2) is 0 Å². The second-order valence-electron chi connectivity index (χ2n) is 0.612. The molecule has 0 aliphatic heterocycles. The molecule has 0 aliphatic rings. The number of hydrogen-bond acceptors (Lipinski definition) is 1. The van der Waals surface area contributed by atoms with E-state index in [4.69, 9.17) is 11.8 Å². The highest BCUT2D eigenvalue weighted by Gasteiger charge is 1.54. The first kappa shape index (κ1) is 4.23. The predicted molar refractivity (Wildman–Crippen MR) is 22.2 cm³/mol. The van der Waals surface area contributed by atoms with E-state index < -0.39 is 0 Å². The molecule has 1 nitrogen and oxygen atoms in total. The maximum absolute atomic E-state index is 6.34. The molecule has 5 heavy (non-hydrogen) atoms. The Morgan fingerprint density at radius 1 is 2.00 bits per heavy atom. The number of rotatable bonds is 1. The molecule has 0 rings (SSSR count). The average Bonchev–Trinajstić information content (AvgIpc) is 1.41. The Balaban J connectivity index is 2.75. The van der Waals surface area contributed by atoms with E-state index in [0.29, 0.717) is 6.42 Å². The second-order valence-corrected chi connectivity index (χ2v) is 0.612. The SMILES string of the molecule is C#CCC=N. The number of terminal acetylenes is 1. The topological polar surface area (TPSA) is 23.9 Å². The van der Waals surface area contributed by atoms with Crippen LogP contribution in [0.4, 0.5) is 0 Å². The lowest BCUT2D eigenvalue weighted by Crippen LogP contribution is -1.58. The molecule has 0 fully saturated rings. The van der Waals surface area contributed by atoms with E-state index in [9.17, 15) is 0 Å². The molecular formula is C4H5N. The second kappa shape index (κ2) is 3.23. The van der Waals surface area contributed by atoms with Crippen LogP contribution < -0.4 is 0 Å². The fraction of sp³-hybridized carbons (Fsp3) is 0.250. The first-order valence-electron chi connectivity index (χ1n) is 1.34. The molecule has 0 bridgehead atoms. The summed E-state index contributed by atoms with van der Waals surface area (Å²) in [6.07, 6.45) is 6.39. The molecule has 0 heterocycles. The van der Waals surface area contributed by atoms with Gasteiger partial charge in [0.2, 0.25) is 0 Å². The third-order valence-corrected chi connectivity index (χ3v) is 0.220. The average molecular weight is 67.1 g/mol. The van der Waals surface area contributed by atoms with Crippen molar-refractivity contribution in [3.63, 3.8) is 0 Å². The zero-order valence-corrected chi connectivity index (χ0v) is 2.86. The van der Waals surface area contributed by atoms with Crippen LogP contribution in [0.3, 0.4) is 0 Å². The van der Waals surface area contributed by atoms with E-state index in [1.165, 1.54) is 6.21 Å². The van der Waals surface area contributed by atoms with Gasteiger partial charge in [0.05, 0.1) is 0 Å². The summed E-state index contributed by atoms with van der Waals surface area (Å²) in [5, 5.41) is 6.34. The summed E-state index contributed by atoms with van der Waals surface area (Å²) in [7, 11) is 0. The quantitative estimate of drug-likeness (QED) is 0.344. The van der Waals surface area contributed by atoms with Crippen molar-refractivity contribution in [2.45, 2.75) is 6.42 Å². The van der Waals surface area contributed by atoms with Crippen LogP contribution in [0.5, 0.6) is 0 Å². The van der Waals surface area contributed by atoms with E-state index in [1.807, 2.05) is 0 Å². The lowest BCUT2D eigenvalue weighted by atomic mass is 10.5. The summed E-state index contributed by atoms with van der Waals surface area (Å²) in [6, 6.07) is 0. The highest BCUT2D eigenvalue weighted by atomic mass is 14.3. The Morgan fingerprint density at radius 2 is 2.60 bits per heavy atom.